The van der Waals surface area contributed by atoms with Gasteiger partial charge in [0.25, 0.3) is 0 Å². The first kappa shape index (κ1) is 13.5. The summed E-state index contributed by atoms with van der Waals surface area (Å²) in [4.78, 5) is 8.28. The molecule has 2 aliphatic heterocycles. The van der Waals surface area contributed by atoms with Crippen molar-refractivity contribution in [1.29, 1.82) is 0 Å². The highest BCUT2D eigenvalue weighted by atomic mass is 19.1. The van der Waals surface area contributed by atoms with Crippen LogP contribution in [-0.4, -0.2) is 66.1 Å². The SMILES string of the molecule is NCC(O)CN1CCN(C2=NC(F)=CCC2)CC1. The number of β-amino-alcohol motifs (C(OH)–C–C–N with tert-alkyl or cyclic N) is 1. The van der Waals surface area contributed by atoms with Gasteiger partial charge in [-0.3, -0.25) is 4.90 Å². The molecule has 1 saturated heterocycles. The van der Waals surface area contributed by atoms with Gasteiger partial charge in [0, 0.05) is 45.7 Å². The minimum Gasteiger partial charge on any atom is -0.390 e. The molecule has 0 bridgehead atoms. The first-order valence-corrected chi connectivity index (χ1v) is 6.47. The number of aliphatic hydroxyl groups excluding tert-OH is 1. The van der Waals surface area contributed by atoms with E-state index in [1.54, 1.807) is 0 Å². The van der Waals surface area contributed by atoms with Crippen LogP contribution in [0.4, 0.5) is 4.39 Å². The molecule has 18 heavy (non-hydrogen) atoms. The summed E-state index contributed by atoms with van der Waals surface area (Å²) < 4.78 is 13.1. The Bertz CT molecular complexity index is 337. The Morgan fingerprint density at radius 1 is 1.39 bits per heavy atom. The van der Waals surface area contributed by atoms with Crippen molar-refractivity contribution in [3.05, 3.63) is 12.0 Å². The quantitative estimate of drug-likeness (QED) is 0.694. The first-order chi connectivity index (χ1) is 8.69. The third kappa shape index (κ3) is 3.51. The molecule has 1 atom stereocenters. The van der Waals surface area contributed by atoms with E-state index in [-0.39, 0.29) is 5.95 Å². The fraction of sp³-hybridized carbons (Fsp3) is 0.750. The van der Waals surface area contributed by atoms with Crippen LogP contribution < -0.4 is 5.73 Å². The molecule has 2 heterocycles. The van der Waals surface area contributed by atoms with Crippen LogP contribution in [0.2, 0.25) is 0 Å². The molecule has 1 fully saturated rings. The molecular formula is C12H21FN4O. The van der Waals surface area contributed by atoms with Gasteiger partial charge in [0.2, 0.25) is 5.95 Å². The number of aliphatic hydroxyl groups is 1. The predicted octanol–water partition coefficient (Wildman–Crippen LogP) is -0.0732. The van der Waals surface area contributed by atoms with Crippen LogP contribution in [0.15, 0.2) is 17.0 Å². The molecule has 0 amide bonds. The van der Waals surface area contributed by atoms with Gasteiger partial charge >= 0.3 is 0 Å². The highest BCUT2D eigenvalue weighted by Crippen LogP contribution is 2.15. The summed E-state index contributed by atoms with van der Waals surface area (Å²) in [6.07, 6.45) is 2.62. The summed E-state index contributed by atoms with van der Waals surface area (Å²) in [5, 5.41) is 9.50. The van der Waals surface area contributed by atoms with Crippen molar-refractivity contribution in [3.8, 4) is 0 Å². The van der Waals surface area contributed by atoms with Gasteiger partial charge < -0.3 is 15.7 Å². The van der Waals surface area contributed by atoms with Gasteiger partial charge in [0.15, 0.2) is 0 Å². The third-order valence-electron chi connectivity index (χ3n) is 3.39. The summed E-state index contributed by atoms with van der Waals surface area (Å²) in [7, 11) is 0. The molecule has 5 nitrogen and oxygen atoms in total. The second-order valence-electron chi connectivity index (χ2n) is 4.77. The fourth-order valence-corrected chi connectivity index (χ4v) is 2.34. The number of nitrogens with zero attached hydrogens (tertiary/aromatic N) is 3. The van der Waals surface area contributed by atoms with Crippen molar-refractivity contribution in [3.63, 3.8) is 0 Å². The molecular weight excluding hydrogens is 235 g/mol. The molecule has 102 valence electrons. The van der Waals surface area contributed by atoms with Gasteiger partial charge in [0.1, 0.15) is 5.84 Å². The summed E-state index contributed by atoms with van der Waals surface area (Å²) in [6.45, 7) is 4.31. The van der Waals surface area contributed by atoms with Crippen molar-refractivity contribution in [2.24, 2.45) is 10.7 Å². The average Bonchev–Trinajstić information content (AvgIpc) is 2.39. The lowest BCUT2D eigenvalue weighted by atomic mass is 10.2. The normalized spacial score (nSPS) is 23.6. The summed E-state index contributed by atoms with van der Waals surface area (Å²) >= 11 is 0. The minimum atomic E-state index is -0.455. The average molecular weight is 256 g/mol. The number of nitrogens with two attached hydrogens (primary N) is 1. The Balaban J connectivity index is 1.81. The van der Waals surface area contributed by atoms with Crippen molar-refractivity contribution in [1.82, 2.24) is 9.80 Å². The molecule has 2 rings (SSSR count). The lowest BCUT2D eigenvalue weighted by molar-refractivity contribution is 0.0940. The van der Waals surface area contributed by atoms with Crippen LogP contribution in [0.25, 0.3) is 0 Å². The maximum absolute atomic E-state index is 13.1. The highest BCUT2D eigenvalue weighted by Gasteiger charge is 2.22. The zero-order chi connectivity index (χ0) is 13.0. The van der Waals surface area contributed by atoms with Gasteiger partial charge in [-0.05, 0) is 12.5 Å². The molecule has 0 aromatic rings. The number of aliphatic imine (C=N–C) groups is 1. The van der Waals surface area contributed by atoms with E-state index in [0.717, 1.165) is 44.9 Å². The number of rotatable bonds is 3. The predicted molar refractivity (Wildman–Crippen MR) is 68.9 cm³/mol. The standard InChI is InChI=1S/C12H21FN4O/c13-11-2-1-3-12(15-11)17-6-4-16(5-7-17)9-10(18)8-14/h2,10,18H,1,3-9,14H2. The number of amidine groups is 1. The molecule has 0 radical (unpaired) electrons. The molecule has 3 N–H and O–H groups in total. The number of hydrogen-bond acceptors (Lipinski definition) is 5. The zero-order valence-electron chi connectivity index (χ0n) is 10.6. The van der Waals surface area contributed by atoms with Crippen molar-refractivity contribution < 1.29 is 9.50 Å². The zero-order valence-corrected chi connectivity index (χ0v) is 10.6. The fourth-order valence-electron chi connectivity index (χ4n) is 2.34. The Hall–Kier alpha value is -0.980. The highest BCUT2D eigenvalue weighted by molar-refractivity contribution is 5.84. The van der Waals surface area contributed by atoms with E-state index in [1.165, 1.54) is 6.08 Å². The molecule has 0 spiro atoms. The number of halogens is 1. The smallest absolute Gasteiger partial charge is 0.210 e. The van der Waals surface area contributed by atoms with Crippen LogP contribution in [0.5, 0.6) is 0 Å². The summed E-state index contributed by atoms with van der Waals surface area (Å²) in [5.74, 6) is 0.492. The van der Waals surface area contributed by atoms with E-state index >= 15 is 0 Å². The summed E-state index contributed by atoms with van der Waals surface area (Å²) in [5.41, 5.74) is 5.39. The van der Waals surface area contributed by atoms with Crippen LogP contribution in [0, 0.1) is 0 Å². The number of piperazine rings is 1. The van der Waals surface area contributed by atoms with Crippen LogP contribution in [-0.2, 0) is 0 Å². The second kappa shape index (κ2) is 6.26. The van der Waals surface area contributed by atoms with Gasteiger partial charge in [-0.25, -0.2) is 4.99 Å². The molecule has 2 aliphatic rings. The van der Waals surface area contributed by atoms with Crippen molar-refractivity contribution in [2.75, 3.05) is 39.3 Å². The lowest BCUT2D eigenvalue weighted by Crippen LogP contribution is -2.51. The van der Waals surface area contributed by atoms with Gasteiger partial charge in [-0.15, -0.1) is 0 Å². The molecule has 6 heteroatoms. The third-order valence-corrected chi connectivity index (χ3v) is 3.39. The molecule has 1 unspecified atom stereocenters. The Kier molecular flexibility index (Phi) is 4.68. The molecule has 0 aliphatic carbocycles. The van der Waals surface area contributed by atoms with Crippen LogP contribution in [0.1, 0.15) is 12.8 Å². The lowest BCUT2D eigenvalue weighted by Gasteiger charge is -2.37. The van der Waals surface area contributed by atoms with Gasteiger partial charge in [0.05, 0.1) is 6.10 Å². The molecule has 0 aromatic heterocycles. The van der Waals surface area contributed by atoms with E-state index in [0.29, 0.717) is 13.1 Å². The van der Waals surface area contributed by atoms with E-state index in [9.17, 15) is 9.50 Å². The van der Waals surface area contributed by atoms with Gasteiger partial charge in [-0.2, -0.15) is 4.39 Å². The van der Waals surface area contributed by atoms with E-state index in [4.69, 9.17) is 5.73 Å². The Morgan fingerprint density at radius 2 is 2.11 bits per heavy atom. The second-order valence-corrected chi connectivity index (χ2v) is 4.77. The van der Waals surface area contributed by atoms with Crippen LogP contribution in [0.3, 0.4) is 0 Å². The topological polar surface area (TPSA) is 65.1 Å². The van der Waals surface area contributed by atoms with Gasteiger partial charge in [-0.1, -0.05) is 0 Å². The maximum Gasteiger partial charge on any atom is 0.210 e. The Labute approximate surface area is 107 Å². The van der Waals surface area contributed by atoms with E-state index in [2.05, 4.69) is 14.8 Å². The summed E-state index contributed by atoms with van der Waals surface area (Å²) in [6, 6.07) is 0. The maximum atomic E-state index is 13.1. The van der Waals surface area contributed by atoms with E-state index < -0.39 is 6.10 Å². The van der Waals surface area contributed by atoms with Crippen LogP contribution >= 0.6 is 0 Å². The van der Waals surface area contributed by atoms with E-state index in [1.807, 2.05) is 0 Å². The first-order valence-electron chi connectivity index (χ1n) is 6.47. The van der Waals surface area contributed by atoms with Crippen molar-refractivity contribution in [2.45, 2.75) is 18.9 Å². The monoisotopic (exact) mass is 256 g/mol. The molecule has 0 aromatic carbocycles. The number of allylic oxidation sites excluding steroid dienone is 1. The largest absolute Gasteiger partial charge is 0.390 e. The minimum absolute atomic E-state index is 0.295. The van der Waals surface area contributed by atoms with Crippen molar-refractivity contribution >= 4 is 5.84 Å². The number of hydrogen-bond donors (Lipinski definition) is 2. The Morgan fingerprint density at radius 3 is 2.72 bits per heavy atom. The molecule has 0 saturated carbocycles.